The van der Waals surface area contributed by atoms with Crippen molar-refractivity contribution in [3.05, 3.63) is 21.3 Å². The van der Waals surface area contributed by atoms with Gasteiger partial charge in [-0.05, 0) is 38.3 Å². The second-order valence-corrected chi connectivity index (χ2v) is 6.42. The highest BCUT2D eigenvalue weighted by Gasteiger charge is 2.22. The van der Waals surface area contributed by atoms with Gasteiger partial charge in [0.1, 0.15) is 0 Å². The van der Waals surface area contributed by atoms with Crippen LogP contribution in [-0.2, 0) is 4.74 Å². The topological polar surface area (TPSA) is 21.3 Å². The molecule has 2 heterocycles. The molecule has 0 aromatic carbocycles. The van der Waals surface area contributed by atoms with E-state index >= 15 is 0 Å². The first-order valence-electron chi connectivity index (χ1n) is 6.32. The van der Waals surface area contributed by atoms with Gasteiger partial charge in [-0.15, -0.1) is 11.3 Å². The Balaban J connectivity index is 1.95. The lowest BCUT2D eigenvalue weighted by Gasteiger charge is -2.31. The largest absolute Gasteiger partial charge is 0.378 e. The lowest BCUT2D eigenvalue weighted by molar-refractivity contribution is 0.0112. The van der Waals surface area contributed by atoms with Crippen LogP contribution in [0.1, 0.15) is 44.0 Å². The van der Waals surface area contributed by atoms with Crippen molar-refractivity contribution >= 4 is 22.9 Å². The van der Waals surface area contributed by atoms with Gasteiger partial charge in [-0.2, -0.15) is 0 Å². The second-order valence-electron chi connectivity index (χ2n) is 4.67. The monoisotopic (exact) mass is 273 g/mol. The first kappa shape index (κ1) is 13.3. The van der Waals surface area contributed by atoms with E-state index in [0.29, 0.717) is 18.2 Å². The van der Waals surface area contributed by atoms with Crippen molar-refractivity contribution in [3.8, 4) is 0 Å². The maximum absolute atomic E-state index is 6.00. The summed E-state index contributed by atoms with van der Waals surface area (Å²) in [4.78, 5) is 1.34. The molecule has 0 spiro atoms. The van der Waals surface area contributed by atoms with Gasteiger partial charge in [-0.3, -0.25) is 0 Å². The Morgan fingerprint density at radius 2 is 2.41 bits per heavy atom. The van der Waals surface area contributed by atoms with Crippen LogP contribution in [-0.4, -0.2) is 18.8 Å². The van der Waals surface area contributed by atoms with Gasteiger partial charge in [0.05, 0.1) is 10.4 Å². The van der Waals surface area contributed by atoms with E-state index in [-0.39, 0.29) is 0 Å². The standard InChI is InChI=1S/C13H20ClNOS/c1-3-11(12-4-5-13(14)17-12)15-10-6-7-16-9(2)8-10/h4-5,9-11,15H,3,6-8H2,1-2H3/t9-,10-,11+/m1/s1. The molecule has 0 bridgehead atoms. The molecule has 4 heteroatoms. The molecule has 0 aliphatic carbocycles. The van der Waals surface area contributed by atoms with E-state index in [0.717, 1.165) is 30.2 Å². The van der Waals surface area contributed by atoms with Crippen LogP contribution in [0.2, 0.25) is 4.34 Å². The van der Waals surface area contributed by atoms with Crippen molar-refractivity contribution in [3.63, 3.8) is 0 Å². The molecule has 1 N–H and O–H groups in total. The van der Waals surface area contributed by atoms with E-state index in [2.05, 4.69) is 25.2 Å². The SMILES string of the molecule is CC[C@H](N[C@@H]1CCO[C@H](C)C1)c1ccc(Cl)s1. The summed E-state index contributed by atoms with van der Waals surface area (Å²) in [7, 11) is 0. The molecular formula is C13H20ClNOS. The van der Waals surface area contributed by atoms with E-state index in [1.54, 1.807) is 11.3 Å². The minimum atomic E-state index is 0.380. The summed E-state index contributed by atoms with van der Waals surface area (Å²) >= 11 is 7.68. The minimum Gasteiger partial charge on any atom is -0.378 e. The van der Waals surface area contributed by atoms with Crippen LogP contribution in [0.3, 0.4) is 0 Å². The predicted molar refractivity (Wildman–Crippen MR) is 73.9 cm³/mol. The third-order valence-corrected chi connectivity index (χ3v) is 4.61. The van der Waals surface area contributed by atoms with Crippen LogP contribution < -0.4 is 5.32 Å². The molecule has 3 atom stereocenters. The molecule has 17 heavy (non-hydrogen) atoms. The van der Waals surface area contributed by atoms with Crippen LogP contribution in [0, 0.1) is 0 Å². The summed E-state index contributed by atoms with van der Waals surface area (Å²) in [5, 5.41) is 3.74. The third-order valence-electron chi connectivity index (χ3n) is 3.27. The Kier molecular flexibility index (Phi) is 4.86. The number of ether oxygens (including phenoxy) is 1. The van der Waals surface area contributed by atoms with Gasteiger partial charge in [-0.1, -0.05) is 18.5 Å². The molecule has 0 saturated carbocycles. The van der Waals surface area contributed by atoms with Crippen LogP contribution in [0.15, 0.2) is 12.1 Å². The van der Waals surface area contributed by atoms with Crippen molar-refractivity contribution in [2.45, 2.75) is 51.3 Å². The fourth-order valence-electron chi connectivity index (χ4n) is 2.35. The van der Waals surface area contributed by atoms with Crippen molar-refractivity contribution in [1.29, 1.82) is 0 Å². The fraction of sp³-hybridized carbons (Fsp3) is 0.692. The molecule has 0 amide bonds. The van der Waals surface area contributed by atoms with Gasteiger partial charge in [0.25, 0.3) is 0 Å². The van der Waals surface area contributed by atoms with Crippen molar-refractivity contribution in [1.82, 2.24) is 5.32 Å². The molecule has 1 aromatic rings. The van der Waals surface area contributed by atoms with Gasteiger partial charge < -0.3 is 10.1 Å². The highest BCUT2D eigenvalue weighted by molar-refractivity contribution is 7.16. The Hall–Kier alpha value is -0.0900. The lowest BCUT2D eigenvalue weighted by Crippen LogP contribution is -2.39. The molecule has 2 nitrogen and oxygen atoms in total. The number of hydrogen-bond donors (Lipinski definition) is 1. The smallest absolute Gasteiger partial charge is 0.0931 e. The minimum absolute atomic E-state index is 0.380. The number of halogens is 1. The van der Waals surface area contributed by atoms with Gasteiger partial charge in [0, 0.05) is 23.6 Å². The Morgan fingerprint density at radius 1 is 1.59 bits per heavy atom. The number of nitrogens with one attached hydrogen (secondary N) is 1. The quantitative estimate of drug-likeness (QED) is 0.895. The first-order chi connectivity index (χ1) is 8.19. The lowest BCUT2D eigenvalue weighted by atomic mass is 10.0. The van der Waals surface area contributed by atoms with Gasteiger partial charge in [0.2, 0.25) is 0 Å². The van der Waals surface area contributed by atoms with Crippen LogP contribution in [0.4, 0.5) is 0 Å². The molecular weight excluding hydrogens is 254 g/mol. The average molecular weight is 274 g/mol. The van der Waals surface area contributed by atoms with Gasteiger partial charge in [0.15, 0.2) is 0 Å². The molecule has 1 aromatic heterocycles. The van der Waals surface area contributed by atoms with E-state index < -0.39 is 0 Å². The summed E-state index contributed by atoms with van der Waals surface area (Å²) in [5.41, 5.74) is 0. The maximum Gasteiger partial charge on any atom is 0.0931 e. The van der Waals surface area contributed by atoms with Crippen LogP contribution in [0.5, 0.6) is 0 Å². The zero-order chi connectivity index (χ0) is 12.3. The summed E-state index contributed by atoms with van der Waals surface area (Å²) in [6, 6.07) is 5.13. The van der Waals surface area contributed by atoms with Crippen LogP contribution in [0.25, 0.3) is 0 Å². The number of thiophene rings is 1. The Labute approximate surface area is 112 Å². The predicted octanol–water partition coefficient (Wildman–Crippen LogP) is 4.01. The molecule has 1 aliphatic rings. The molecule has 0 radical (unpaired) electrons. The summed E-state index contributed by atoms with van der Waals surface area (Å²) < 4.78 is 6.45. The Bertz CT molecular complexity index is 355. The fourth-order valence-corrected chi connectivity index (χ4v) is 3.56. The molecule has 1 saturated heterocycles. The maximum atomic E-state index is 6.00. The summed E-state index contributed by atoms with van der Waals surface area (Å²) in [6.45, 7) is 5.24. The Morgan fingerprint density at radius 3 is 3.00 bits per heavy atom. The van der Waals surface area contributed by atoms with Crippen LogP contribution >= 0.6 is 22.9 Å². The third kappa shape index (κ3) is 3.68. The van der Waals surface area contributed by atoms with Gasteiger partial charge >= 0.3 is 0 Å². The van der Waals surface area contributed by atoms with Crippen molar-refractivity contribution < 1.29 is 4.74 Å². The zero-order valence-corrected chi connectivity index (χ0v) is 12.0. The first-order valence-corrected chi connectivity index (χ1v) is 7.51. The normalized spacial score (nSPS) is 27.0. The highest BCUT2D eigenvalue weighted by Crippen LogP contribution is 2.29. The molecule has 0 unspecified atom stereocenters. The average Bonchev–Trinajstić information content (AvgIpc) is 2.73. The molecule has 1 fully saturated rings. The molecule has 96 valence electrons. The second kappa shape index (κ2) is 6.19. The summed E-state index contributed by atoms with van der Waals surface area (Å²) in [6.07, 6.45) is 3.70. The van der Waals surface area contributed by atoms with Crippen molar-refractivity contribution in [2.24, 2.45) is 0 Å². The van der Waals surface area contributed by atoms with E-state index in [4.69, 9.17) is 16.3 Å². The van der Waals surface area contributed by atoms with E-state index in [1.807, 2.05) is 6.07 Å². The van der Waals surface area contributed by atoms with E-state index in [9.17, 15) is 0 Å². The molecule has 2 rings (SSSR count). The number of rotatable bonds is 4. The van der Waals surface area contributed by atoms with Crippen molar-refractivity contribution in [2.75, 3.05) is 6.61 Å². The zero-order valence-electron chi connectivity index (χ0n) is 10.4. The summed E-state index contributed by atoms with van der Waals surface area (Å²) in [5.74, 6) is 0. The highest BCUT2D eigenvalue weighted by atomic mass is 35.5. The van der Waals surface area contributed by atoms with Gasteiger partial charge in [-0.25, -0.2) is 0 Å². The number of hydrogen-bond acceptors (Lipinski definition) is 3. The molecule has 1 aliphatic heterocycles. The van der Waals surface area contributed by atoms with E-state index in [1.165, 1.54) is 4.88 Å².